The second-order valence-corrected chi connectivity index (χ2v) is 5.46. The summed E-state index contributed by atoms with van der Waals surface area (Å²) in [5.41, 5.74) is 1.22. The van der Waals surface area contributed by atoms with Gasteiger partial charge in [-0.2, -0.15) is 0 Å². The molecule has 0 amide bonds. The Morgan fingerprint density at radius 3 is 2.81 bits per heavy atom. The van der Waals surface area contributed by atoms with Gasteiger partial charge in [-0.25, -0.2) is 4.98 Å². The minimum Gasteiger partial charge on any atom is -0.464 e. The maximum absolute atomic E-state index is 5.66. The first kappa shape index (κ1) is 15.6. The van der Waals surface area contributed by atoms with Gasteiger partial charge in [0.1, 0.15) is 17.3 Å². The lowest BCUT2D eigenvalue weighted by Crippen LogP contribution is -2.24. The van der Waals surface area contributed by atoms with E-state index in [9.17, 15) is 0 Å². The van der Waals surface area contributed by atoms with Gasteiger partial charge in [-0.1, -0.05) is 13.0 Å². The fraction of sp³-hybridized carbons (Fsp3) is 0.471. The van der Waals surface area contributed by atoms with Crippen LogP contribution in [0.1, 0.15) is 43.4 Å². The molecule has 0 radical (unpaired) electrons. The SMILES string of the molecule is CCCNC(C)c1cccnc1N(C)Cc1ccc(C)o1. The average Bonchev–Trinajstić information content (AvgIpc) is 2.89. The van der Waals surface area contributed by atoms with E-state index < -0.39 is 0 Å². The molecule has 0 aliphatic rings. The van der Waals surface area contributed by atoms with E-state index in [0.29, 0.717) is 0 Å². The molecule has 2 aromatic rings. The van der Waals surface area contributed by atoms with Crippen LogP contribution < -0.4 is 10.2 Å². The van der Waals surface area contributed by atoms with Crippen molar-refractivity contribution in [2.75, 3.05) is 18.5 Å². The molecular formula is C17H25N3O. The Labute approximate surface area is 127 Å². The Kier molecular flexibility index (Phi) is 5.39. The molecule has 0 aliphatic carbocycles. The van der Waals surface area contributed by atoms with Crippen LogP contribution in [0.2, 0.25) is 0 Å². The Bertz CT molecular complexity index is 565. The number of aromatic nitrogens is 1. The van der Waals surface area contributed by atoms with Crippen LogP contribution in [-0.4, -0.2) is 18.6 Å². The van der Waals surface area contributed by atoms with E-state index in [1.165, 1.54) is 5.56 Å². The third-order valence-corrected chi connectivity index (χ3v) is 3.53. The van der Waals surface area contributed by atoms with E-state index in [1.807, 2.05) is 31.3 Å². The van der Waals surface area contributed by atoms with Gasteiger partial charge in [-0.15, -0.1) is 0 Å². The molecule has 1 unspecified atom stereocenters. The molecule has 0 spiro atoms. The number of nitrogens with one attached hydrogen (secondary N) is 1. The number of rotatable bonds is 7. The monoisotopic (exact) mass is 287 g/mol. The highest BCUT2D eigenvalue weighted by Gasteiger charge is 2.15. The summed E-state index contributed by atoms with van der Waals surface area (Å²) in [6.45, 7) is 8.05. The number of pyridine rings is 1. The van der Waals surface area contributed by atoms with Crippen LogP contribution in [-0.2, 0) is 6.54 Å². The van der Waals surface area contributed by atoms with Crippen molar-refractivity contribution in [3.63, 3.8) is 0 Å². The number of aryl methyl sites for hydroxylation is 1. The number of hydrogen-bond acceptors (Lipinski definition) is 4. The van der Waals surface area contributed by atoms with Crippen LogP contribution in [0.4, 0.5) is 5.82 Å². The van der Waals surface area contributed by atoms with Crippen LogP contribution in [0.5, 0.6) is 0 Å². The Balaban J connectivity index is 2.14. The number of hydrogen-bond donors (Lipinski definition) is 1. The van der Waals surface area contributed by atoms with Crippen molar-refractivity contribution in [3.05, 3.63) is 47.5 Å². The summed E-state index contributed by atoms with van der Waals surface area (Å²) >= 11 is 0. The summed E-state index contributed by atoms with van der Waals surface area (Å²) in [4.78, 5) is 6.69. The van der Waals surface area contributed by atoms with Gasteiger partial charge < -0.3 is 14.6 Å². The molecule has 0 fully saturated rings. The van der Waals surface area contributed by atoms with Gasteiger partial charge in [-0.3, -0.25) is 0 Å². The minimum atomic E-state index is 0.287. The van der Waals surface area contributed by atoms with Crippen molar-refractivity contribution in [1.29, 1.82) is 0 Å². The zero-order valence-corrected chi connectivity index (χ0v) is 13.4. The summed E-state index contributed by atoms with van der Waals surface area (Å²) in [5.74, 6) is 2.90. The highest BCUT2D eigenvalue weighted by atomic mass is 16.3. The summed E-state index contributed by atoms with van der Waals surface area (Å²) in [6, 6.07) is 8.43. The number of furan rings is 1. The highest BCUT2D eigenvalue weighted by molar-refractivity contribution is 5.47. The summed E-state index contributed by atoms with van der Waals surface area (Å²) < 4.78 is 5.66. The normalized spacial score (nSPS) is 12.4. The van der Waals surface area contributed by atoms with Crippen molar-refractivity contribution in [3.8, 4) is 0 Å². The Morgan fingerprint density at radius 2 is 2.14 bits per heavy atom. The second-order valence-electron chi connectivity index (χ2n) is 5.46. The van der Waals surface area contributed by atoms with Gasteiger partial charge >= 0.3 is 0 Å². The summed E-state index contributed by atoms with van der Waals surface area (Å²) in [5, 5.41) is 3.52. The molecule has 2 heterocycles. The molecule has 114 valence electrons. The van der Waals surface area contributed by atoms with E-state index in [2.05, 4.69) is 42.2 Å². The van der Waals surface area contributed by atoms with Gasteiger partial charge in [0.05, 0.1) is 6.54 Å². The van der Waals surface area contributed by atoms with E-state index in [1.54, 1.807) is 0 Å². The molecule has 1 N–H and O–H groups in total. The highest BCUT2D eigenvalue weighted by Crippen LogP contribution is 2.24. The quantitative estimate of drug-likeness (QED) is 0.843. The molecule has 2 aromatic heterocycles. The molecule has 0 saturated heterocycles. The van der Waals surface area contributed by atoms with Crippen LogP contribution in [0, 0.1) is 6.92 Å². The van der Waals surface area contributed by atoms with Crippen LogP contribution in [0.15, 0.2) is 34.9 Å². The molecule has 2 rings (SSSR count). The van der Waals surface area contributed by atoms with Crippen LogP contribution >= 0.6 is 0 Å². The Hall–Kier alpha value is -1.81. The maximum atomic E-state index is 5.66. The van der Waals surface area contributed by atoms with E-state index in [0.717, 1.165) is 36.8 Å². The number of nitrogens with zero attached hydrogens (tertiary/aromatic N) is 2. The van der Waals surface area contributed by atoms with Crippen molar-refractivity contribution in [2.24, 2.45) is 0 Å². The predicted octanol–water partition coefficient (Wildman–Crippen LogP) is 3.68. The van der Waals surface area contributed by atoms with Gasteiger partial charge in [0, 0.05) is 24.8 Å². The first-order chi connectivity index (χ1) is 10.1. The lowest BCUT2D eigenvalue weighted by Gasteiger charge is -2.23. The zero-order valence-electron chi connectivity index (χ0n) is 13.4. The Morgan fingerprint density at radius 1 is 1.33 bits per heavy atom. The molecule has 4 heteroatoms. The molecule has 0 aromatic carbocycles. The fourth-order valence-corrected chi connectivity index (χ4v) is 2.42. The molecule has 21 heavy (non-hydrogen) atoms. The molecular weight excluding hydrogens is 262 g/mol. The smallest absolute Gasteiger partial charge is 0.133 e. The largest absolute Gasteiger partial charge is 0.464 e. The van der Waals surface area contributed by atoms with Crippen molar-refractivity contribution in [1.82, 2.24) is 10.3 Å². The fourth-order valence-electron chi connectivity index (χ4n) is 2.42. The van der Waals surface area contributed by atoms with Gasteiger partial charge in [0.2, 0.25) is 0 Å². The average molecular weight is 287 g/mol. The summed E-state index contributed by atoms with van der Waals surface area (Å²) in [6.07, 6.45) is 2.97. The maximum Gasteiger partial charge on any atom is 0.133 e. The summed E-state index contributed by atoms with van der Waals surface area (Å²) in [7, 11) is 2.05. The lowest BCUT2D eigenvalue weighted by atomic mass is 10.1. The van der Waals surface area contributed by atoms with Gasteiger partial charge in [0.15, 0.2) is 0 Å². The van der Waals surface area contributed by atoms with Crippen molar-refractivity contribution < 1.29 is 4.42 Å². The van der Waals surface area contributed by atoms with Gasteiger partial charge in [0.25, 0.3) is 0 Å². The minimum absolute atomic E-state index is 0.287. The van der Waals surface area contributed by atoms with Crippen LogP contribution in [0.25, 0.3) is 0 Å². The predicted molar refractivity (Wildman–Crippen MR) is 86.5 cm³/mol. The zero-order chi connectivity index (χ0) is 15.2. The second kappa shape index (κ2) is 7.27. The molecule has 1 atom stereocenters. The van der Waals surface area contributed by atoms with Gasteiger partial charge in [-0.05, 0) is 45.0 Å². The first-order valence-corrected chi connectivity index (χ1v) is 7.56. The van der Waals surface area contributed by atoms with Crippen molar-refractivity contribution in [2.45, 2.75) is 39.8 Å². The molecule has 0 saturated carbocycles. The lowest BCUT2D eigenvalue weighted by molar-refractivity contribution is 0.480. The van der Waals surface area contributed by atoms with Crippen molar-refractivity contribution >= 4 is 5.82 Å². The molecule has 0 bridgehead atoms. The number of anilines is 1. The molecule has 0 aliphatic heterocycles. The van der Waals surface area contributed by atoms with Crippen LogP contribution in [0.3, 0.4) is 0 Å². The van der Waals surface area contributed by atoms with E-state index >= 15 is 0 Å². The molecule has 4 nitrogen and oxygen atoms in total. The third kappa shape index (κ3) is 4.08. The first-order valence-electron chi connectivity index (χ1n) is 7.56. The van der Waals surface area contributed by atoms with E-state index in [-0.39, 0.29) is 6.04 Å². The third-order valence-electron chi connectivity index (χ3n) is 3.53. The van der Waals surface area contributed by atoms with E-state index in [4.69, 9.17) is 4.42 Å². The standard InChI is InChI=1S/C17H25N3O/c1-5-10-18-14(3)16-7-6-11-19-17(16)20(4)12-15-9-8-13(2)21-15/h6-9,11,14,18H,5,10,12H2,1-4H3. The topological polar surface area (TPSA) is 41.3 Å².